The van der Waals surface area contributed by atoms with E-state index in [0.29, 0.717) is 24.4 Å². The molecule has 4 aliphatic rings. The Morgan fingerprint density at radius 3 is 2.76 bits per heavy atom. The molecule has 1 saturated heterocycles. The molecule has 0 spiro atoms. The second-order valence-electron chi connectivity index (χ2n) is 13.4. The maximum Gasteiger partial charge on any atom is 0.337 e. The lowest BCUT2D eigenvalue weighted by molar-refractivity contribution is 0.0600. The van der Waals surface area contributed by atoms with Gasteiger partial charge in [-0.3, -0.25) is 4.79 Å². The van der Waals surface area contributed by atoms with Crippen molar-refractivity contribution in [1.82, 2.24) is 24.6 Å². The highest BCUT2D eigenvalue weighted by atomic mass is 28.3. The summed E-state index contributed by atoms with van der Waals surface area (Å²) in [6.45, 7) is 10.5. The molecule has 1 N–H and O–H groups in total. The molecule has 1 aromatic carbocycles. The Balaban J connectivity index is 1.11. The van der Waals surface area contributed by atoms with E-state index in [-0.39, 0.29) is 20.7 Å². The quantitative estimate of drug-likeness (QED) is 0.141. The van der Waals surface area contributed by atoms with Crippen LogP contribution in [0.4, 0.5) is 5.82 Å². The SMILES string of the molecule is COC(=O)c1cc2c3c(c1)c(C(=O)N[C@@H]1CCc4c1nn(COCC[Si](C)C)c4C)cn3Cc1ccc(N3CC4CC4C3)nc1-2. The van der Waals surface area contributed by atoms with Crippen molar-refractivity contribution in [3.05, 3.63) is 64.1 Å². The largest absolute Gasteiger partial charge is 0.465 e. The highest BCUT2D eigenvalue weighted by molar-refractivity contribution is 6.55. The number of amides is 1. The summed E-state index contributed by atoms with van der Waals surface area (Å²) in [6, 6.07) is 8.84. The van der Waals surface area contributed by atoms with Crippen LogP contribution in [0.5, 0.6) is 0 Å². The normalized spacial score (nSPS) is 20.8. The number of rotatable bonds is 9. The molecule has 2 unspecified atom stereocenters. The van der Waals surface area contributed by atoms with E-state index >= 15 is 0 Å². The number of esters is 1. The second kappa shape index (κ2) is 10.8. The van der Waals surface area contributed by atoms with E-state index in [2.05, 4.69) is 46.9 Å². The molecule has 1 radical (unpaired) electrons. The Morgan fingerprint density at radius 1 is 1.16 bits per heavy atom. The predicted molar refractivity (Wildman–Crippen MR) is 173 cm³/mol. The summed E-state index contributed by atoms with van der Waals surface area (Å²) in [6.07, 6.45) is 4.92. The van der Waals surface area contributed by atoms with Gasteiger partial charge in [-0.25, -0.2) is 14.5 Å². The Morgan fingerprint density at radius 2 is 1.98 bits per heavy atom. The molecule has 5 heterocycles. The van der Waals surface area contributed by atoms with Crippen molar-refractivity contribution < 1.29 is 19.1 Å². The molecule has 233 valence electrons. The maximum atomic E-state index is 14.0. The number of nitrogens with zero attached hydrogens (tertiary/aromatic N) is 5. The Bertz CT molecular complexity index is 1850. The van der Waals surface area contributed by atoms with E-state index in [1.807, 2.05) is 16.9 Å². The minimum absolute atomic E-state index is 0.176. The maximum absolute atomic E-state index is 14.0. The smallest absolute Gasteiger partial charge is 0.337 e. The molecule has 3 aromatic heterocycles. The van der Waals surface area contributed by atoms with Crippen LogP contribution >= 0.6 is 0 Å². The number of aromatic nitrogens is 4. The third-order valence-electron chi connectivity index (χ3n) is 10.1. The molecule has 1 saturated carbocycles. The van der Waals surface area contributed by atoms with Gasteiger partial charge in [-0.15, -0.1) is 0 Å². The number of hydrogen-bond acceptors (Lipinski definition) is 7. The molecule has 2 fully saturated rings. The summed E-state index contributed by atoms with van der Waals surface area (Å²) >= 11 is 0. The van der Waals surface area contributed by atoms with Gasteiger partial charge in [-0.2, -0.15) is 5.10 Å². The van der Waals surface area contributed by atoms with Crippen LogP contribution in [0, 0.1) is 18.8 Å². The summed E-state index contributed by atoms with van der Waals surface area (Å²) in [5.74, 6) is 1.97. The van der Waals surface area contributed by atoms with Crippen LogP contribution in [0.2, 0.25) is 19.1 Å². The molecule has 45 heavy (non-hydrogen) atoms. The van der Waals surface area contributed by atoms with Crippen LogP contribution in [0.1, 0.15) is 62.1 Å². The van der Waals surface area contributed by atoms with Gasteiger partial charge in [0.05, 0.1) is 41.2 Å². The standard InChI is InChI=1S/C34H39N6O4Si/c1-19-24-6-7-28(31(24)37-40(19)18-44-9-10-45(3)4)35-33(41)27-17-39-14-20-5-8-29(38-15-22-11-23(22)16-38)36-30(20)26-13-21(34(42)43-2)12-25(27)32(26)39/h5,8,12-13,17,22-23,28H,6-7,9-11,14-16,18H2,1-4H3,(H,35,41)/t22?,23?,28-/m1/s1. The van der Waals surface area contributed by atoms with Gasteiger partial charge < -0.3 is 24.3 Å². The summed E-state index contributed by atoms with van der Waals surface area (Å²) in [4.78, 5) is 34.4. The zero-order valence-corrected chi connectivity index (χ0v) is 27.4. The lowest BCUT2D eigenvalue weighted by Gasteiger charge is -2.24. The molecular weight excluding hydrogens is 584 g/mol. The minimum atomic E-state index is -0.436. The average molecular weight is 624 g/mol. The highest BCUT2D eigenvalue weighted by Crippen LogP contribution is 2.47. The van der Waals surface area contributed by atoms with Crippen LogP contribution in [-0.4, -0.2) is 66.8 Å². The van der Waals surface area contributed by atoms with Crippen molar-refractivity contribution in [3.63, 3.8) is 0 Å². The molecule has 10 nitrogen and oxygen atoms in total. The van der Waals surface area contributed by atoms with Crippen LogP contribution in [-0.2, 0) is 29.2 Å². The molecule has 0 bridgehead atoms. The topological polar surface area (TPSA) is 104 Å². The van der Waals surface area contributed by atoms with Crippen molar-refractivity contribution in [2.45, 2.75) is 64.6 Å². The molecule has 2 aliphatic heterocycles. The Labute approximate surface area is 264 Å². The number of ether oxygens (including phenoxy) is 2. The third-order valence-corrected chi connectivity index (χ3v) is 11.3. The number of hydrogen-bond donors (Lipinski definition) is 1. The van der Waals surface area contributed by atoms with Crippen LogP contribution < -0.4 is 10.2 Å². The first-order valence-electron chi connectivity index (χ1n) is 16.0. The average Bonchev–Trinajstić information content (AvgIpc) is 3.36. The van der Waals surface area contributed by atoms with Crippen molar-refractivity contribution in [3.8, 4) is 11.3 Å². The number of pyridine rings is 1. The molecular formula is C34H39N6O4Si. The van der Waals surface area contributed by atoms with Gasteiger partial charge in [0.25, 0.3) is 5.91 Å². The molecule has 3 atom stereocenters. The Hall–Kier alpha value is -3.96. The highest BCUT2D eigenvalue weighted by Gasteiger charge is 2.45. The number of carbonyl (C=O) groups is 2. The summed E-state index contributed by atoms with van der Waals surface area (Å²) in [5.41, 5.74) is 7.89. The van der Waals surface area contributed by atoms with Gasteiger partial charge in [0.1, 0.15) is 12.5 Å². The van der Waals surface area contributed by atoms with E-state index in [9.17, 15) is 9.59 Å². The lowest BCUT2D eigenvalue weighted by atomic mass is 9.96. The number of nitrogens with one attached hydrogen (secondary N) is 1. The number of methoxy groups -OCH3 is 1. The predicted octanol–water partition coefficient (Wildman–Crippen LogP) is 4.96. The first-order valence-corrected chi connectivity index (χ1v) is 18.7. The molecule has 1 amide bonds. The minimum Gasteiger partial charge on any atom is -0.465 e. The number of anilines is 1. The number of benzene rings is 1. The van der Waals surface area contributed by atoms with Crippen LogP contribution in [0.15, 0.2) is 30.5 Å². The molecule has 4 aromatic rings. The summed E-state index contributed by atoms with van der Waals surface area (Å²) in [5, 5.41) is 8.88. The monoisotopic (exact) mass is 623 g/mol. The first kappa shape index (κ1) is 28.5. The van der Waals surface area contributed by atoms with Crippen molar-refractivity contribution in [2.75, 3.05) is 31.7 Å². The fourth-order valence-corrected chi connectivity index (χ4v) is 8.05. The van der Waals surface area contributed by atoms with Gasteiger partial charge in [0.15, 0.2) is 0 Å². The van der Waals surface area contributed by atoms with E-state index < -0.39 is 5.97 Å². The van der Waals surface area contributed by atoms with Gasteiger partial charge >= 0.3 is 5.97 Å². The third kappa shape index (κ3) is 4.87. The zero-order valence-electron chi connectivity index (χ0n) is 26.4. The van der Waals surface area contributed by atoms with Crippen molar-refractivity contribution >= 4 is 37.4 Å². The van der Waals surface area contributed by atoms with E-state index in [0.717, 1.165) is 95.3 Å². The first-order chi connectivity index (χ1) is 21.8. The number of fused-ring (bicyclic) bond motifs is 4. The van der Waals surface area contributed by atoms with Crippen molar-refractivity contribution in [1.29, 1.82) is 0 Å². The van der Waals surface area contributed by atoms with E-state index in [4.69, 9.17) is 19.6 Å². The number of carbonyl (C=O) groups excluding carboxylic acids is 2. The van der Waals surface area contributed by atoms with Crippen LogP contribution in [0.3, 0.4) is 0 Å². The fourth-order valence-electron chi connectivity index (χ4n) is 7.49. The molecule has 11 heteroatoms. The van der Waals surface area contributed by atoms with E-state index in [1.54, 1.807) is 6.07 Å². The fraction of sp³-hybridized carbons (Fsp3) is 0.471. The van der Waals surface area contributed by atoms with E-state index in [1.165, 1.54) is 19.1 Å². The molecule has 2 aliphatic carbocycles. The van der Waals surface area contributed by atoms with Crippen LogP contribution in [0.25, 0.3) is 22.2 Å². The van der Waals surface area contributed by atoms with Gasteiger partial charge in [-0.05, 0) is 73.4 Å². The van der Waals surface area contributed by atoms with Crippen molar-refractivity contribution in [2.24, 2.45) is 11.8 Å². The van der Waals surface area contributed by atoms with Gasteiger partial charge in [-0.1, -0.05) is 19.2 Å². The summed E-state index contributed by atoms with van der Waals surface area (Å²) < 4.78 is 15.1. The summed E-state index contributed by atoms with van der Waals surface area (Å²) in [7, 11) is 1.06. The lowest BCUT2D eigenvalue weighted by Crippen LogP contribution is -2.27. The number of piperidine rings is 1. The molecule has 8 rings (SSSR count). The second-order valence-corrected chi connectivity index (χ2v) is 16.3. The van der Waals surface area contributed by atoms with Gasteiger partial charge in [0.2, 0.25) is 0 Å². The Kier molecular flexibility index (Phi) is 6.86. The van der Waals surface area contributed by atoms with Gasteiger partial charge in [0, 0.05) is 57.9 Å². The zero-order chi connectivity index (χ0) is 31.0.